The Morgan fingerprint density at radius 1 is 0.792 bits per heavy atom. The molecule has 77 heavy (non-hydrogen) atoms. The van der Waals surface area contributed by atoms with Gasteiger partial charge in [0.25, 0.3) is 5.91 Å². The molecule has 5 unspecified atom stereocenters. The maximum absolute atomic E-state index is 14.2. The summed E-state index contributed by atoms with van der Waals surface area (Å²) in [5.74, 6) is 1.32. The number of thioether (sulfide) groups is 1. The number of hydrogen-bond donors (Lipinski definition) is 2. The number of ketones is 2. The van der Waals surface area contributed by atoms with Crippen LogP contribution in [0, 0.1) is 48.3 Å². The highest BCUT2D eigenvalue weighted by Crippen LogP contribution is 2.66. The maximum atomic E-state index is 14.2. The van der Waals surface area contributed by atoms with E-state index in [4.69, 9.17) is 4.74 Å². The van der Waals surface area contributed by atoms with Gasteiger partial charge in [0.15, 0.2) is 6.54 Å². The van der Waals surface area contributed by atoms with Gasteiger partial charge in [0.2, 0.25) is 16.9 Å². The van der Waals surface area contributed by atoms with Gasteiger partial charge in [0.1, 0.15) is 17.3 Å². The van der Waals surface area contributed by atoms with Gasteiger partial charge < -0.3 is 29.0 Å². The lowest BCUT2D eigenvalue weighted by Gasteiger charge is -2.61. The van der Waals surface area contributed by atoms with Crippen molar-refractivity contribution in [2.24, 2.45) is 34.5 Å². The van der Waals surface area contributed by atoms with Gasteiger partial charge in [-0.25, -0.2) is 21.6 Å². The number of aryl methyl sites for hydroxylation is 3. The van der Waals surface area contributed by atoms with Gasteiger partial charge in [0.05, 0.1) is 63.3 Å². The van der Waals surface area contributed by atoms with Crippen LogP contribution in [0.15, 0.2) is 60.7 Å². The number of fused-ring (bicyclic) bond motifs is 7. The van der Waals surface area contributed by atoms with Crippen molar-refractivity contribution in [2.45, 2.75) is 123 Å². The maximum Gasteiger partial charge on any atom is 0.345 e. The van der Waals surface area contributed by atoms with Crippen molar-refractivity contribution in [2.75, 3.05) is 57.0 Å². The molecule has 0 radical (unpaired) electrons. The van der Waals surface area contributed by atoms with E-state index >= 15 is 0 Å². The number of nitrogens with zero attached hydrogens (tertiary/aromatic N) is 2. The molecule has 4 aliphatic carbocycles. The molecule has 0 aliphatic heterocycles. The Kier molecular flexibility index (Phi) is 18.1. The zero-order valence-corrected chi connectivity index (χ0v) is 47.7. The predicted octanol–water partition coefficient (Wildman–Crippen LogP) is 7.34. The monoisotopic (exact) mass is 1120 g/mol. The van der Waals surface area contributed by atoms with E-state index in [1.54, 1.807) is 50.2 Å². The minimum Gasteiger partial charge on any atom is -0.748 e. The number of esters is 1. The molecule has 1 aromatic heterocycles. The van der Waals surface area contributed by atoms with Crippen LogP contribution in [0.5, 0.6) is 5.75 Å². The molecule has 8 atom stereocenters. The average Bonchev–Trinajstić information content (AvgIpc) is 3.79. The molecule has 16 nitrogen and oxygen atoms in total. The lowest BCUT2D eigenvalue weighted by molar-refractivity contribution is -0.909. The quantitative estimate of drug-likeness (QED) is 0.0141. The van der Waals surface area contributed by atoms with Crippen molar-refractivity contribution >= 4 is 83.2 Å². The molecule has 0 spiro atoms. The summed E-state index contributed by atoms with van der Waals surface area (Å²) in [6.07, 6.45) is 8.52. The van der Waals surface area contributed by atoms with Gasteiger partial charge in [0, 0.05) is 110 Å². The van der Waals surface area contributed by atoms with Gasteiger partial charge in [-0.3, -0.25) is 19.2 Å². The summed E-state index contributed by atoms with van der Waals surface area (Å²) in [5.41, 5.74) is 2.99. The number of hydrogen-bond acceptors (Lipinski definition) is 13. The molecule has 8 rings (SSSR count). The number of Topliss-reactive ketones (excluding diaryl/α,β-unsaturated/α-hetero) is 2. The minimum absolute atomic E-state index is 0.0432. The first-order chi connectivity index (χ1) is 36.4. The Morgan fingerprint density at radius 3 is 2.03 bits per heavy atom. The van der Waals surface area contributed by atoms with E-state index in [-0.39, 0.29) is 42.0 Å². The van der Waals surface area contributed by atoms with Crippen molar-refractivity contribution < 1.29 is 63.7 Å². The molecule has 4 aromatic rings. The first-order valence-electron chi connectivity index (χ1n) is 27.5. The lowest BCUT2D eigenvalue weighted by atomic mass is 9.45. The van der Waals surface area contributed by atoms with Gasteiger partial charge >= 0.3 is 5.97 Å². The summed E-state index contributed by atoms with van der Waals surface area (Å²) in [6, 6.07) is 17.8. The molecule has 1 heterocycles. The number of pyridine rings is 1. The second-order valence-corrected chi connectivity index (χ2v) is 27.7. The second kappa shape index (κ2) is 23.9. The number of para-hydroxylation sites is 2. The van der Waals surface area contributed by atoms with Crippen LogP contribution in [0.3, 0.4) is 0 Å². The van der Waals surface area contributed by atoms with E-state index in [0.717, 1.165) is 32.1 Å². The van der Waals surface area contributed by atoms with Crippen molar-refractivity contribution in [3.63, 3.8) is 0 Å². The van der Waals surface area contributed by atoms with Crippen molar-refractivity contribution in [1.29, 1.82) is 0 Å². The zero-order chi connectivity index (χ0) is 55.5. The Bertz CT molecular complexity index is 3070. The van der Waals surface area contributed by atoms with Crippen LogP contribution in [-0.4, -0.2) is 122 Å². The van der Waals surface area contributed by atoms with Crippen molar-refractivity contribution in [1.82, 2.24) is 10.6 Å². The largest absolute Gasteiger partial charge is 0.748 e. The molecular weight excluding hydrogens is 1040 g/mol. The summed E-state index contributed by atoms with van der Waals surface area (Å²) < 4.78 is 77.3. The van der Waals surface area contributed by atoms with E-state index in [2.05, 4.69) is 24.5 Å². The third kappa shape index (κ3) is 13.5. The van der Waals surface area contributed by atoms with Gasteiger partial charge in [-0.15, -0.1) is 0 Å². The van der Waals surface area contributed by atoms with E-state index < -0.39 is 37.7 Å². The molecule has 4 saturated carbocycles. The minimum atomic E-state index is -4.42. The van der Waals surface area contributed by atoms with Crippen molar-refractivity contribution in [3.05, 3.63) is 82.9 Å². The smallest absolute Gasteiger partial charge is 0.345 e. The van der Waals surface area contributed by atoms with E-state index in [0.29, 0.717) is 172 Å². The number of quaternary nitrogens is 1. The van der Waals surface area contributed by atoms with Crippen LogP contribution in [0.2, 0.25) is 0 Å². The fourth-order valence-electron chi connectivity index (χ4n) is 14.1. The highest BCUT2D eigenvalue weighted by atomic mass is 32.2. The summed E-state index contributed by atoms with van der Waals surface area (Å²) in [6.45, 7) is 10.7. The van der Waals surface area contributed by atoms with E-state index in [9.17, 15) is 49.9 Å². The zero-order valence-electron chi connectivity index (χ0n) is 45.2. The fraction of sp³-hybridized carbons (Fsp3) is 0.586. The number of amides is 2. The molecule has 418 valence electrons. The molecule has 4 fully saturated rings. The Hall–Kier alpha value is -4.79. The van der Waals surface area contributed by atoms with Gasteiger partial charge in [-0.2, -0.15) is 16.3 Å². The third-order valence-corrected chi connectivity index (χ3v) is 21.1. The number of carbonyl (C=O) groups is 5. The first-order valence-corrected chi connectivity index (χ1v) is 31.7. The summed E-state index contributed by atoms with van der Waals surface area (Å²) in [7, 11) is -6.84. The molecule has 2 amide bonds. The number of aromatic nitrogens is 1. The molecule has 0 bridgehead atoms. The molecule has 3 aromatic carbocycles. The number of rotatable bonds is 23. The van der Waals surface area contributed by atoms with Crippen LogP contribution in [0.4, 0.5) is 0 Å². The Labute approximate surface area is 458 Å². The van der Waals surface area contributed by atoms with Crippen LogP contribution in [0.25, 0.3) is 21.8 Å². The normalized spacial score (nSPS) is 25.2. The summed E-state index contributed by atoms with van der Waals surface area (Å²) in [4.78, 5) is 67.0. The standard InChI is InChI=1S/C58H76N4O12S3/c1-38-34-40(35-39(2)54(38)74-56(67)52-43-14-6-8-16-47(43)61(27-12-32-76(68,69)70)48-17-9-7-15-44(48)52)55(66)60-26-11-29-62(5,30-13-33-77(71,72)73)28-10-25-59-51(65)22-31-75-49-37-41-36-42(63)20-23-57(41,3)46-21-24-58(4)45(53(46)49)18-19-50(58)64/h6-9,14-17,34-35,41,45-46,49,53H,10-13,18-33,36-37H2,1-5H3,(H2-2,59,60,65,66,68,69,70,71,72,73)/t41?,45?,46?,49-,53?,57+,58+,62?/m1/s1. The number of carbonyl (C=O) groups excluding carboxylic acids is 5. The van der Waals surface area contributed by atoms with Crippen LogP contribution < -0.4 is 19.9 Å². The van der Waals surface area contributed by atoms with Crippen LogP contribution >= 0.6 is 11.8 Å². The van der Waals surface area contributed by atoms with Gasteiger partial charge in [-0.1, -0.05) is 38.1 Å². The number of ether oxygens (including phenoxy) is 1. The SMILES string of the molecule is Cc1cc(C(=O)NCCC[N+](C)(CCCNC(=O)CCS[C@@H]2CC3CC(=O)CC[C@]3(C)C3CC[C@]4(C)C(=O)CCC4C32)CCCS(=O)(=O)[O-])cc(C)c1OC(=O)c1c2ccccc2[n+](CCCS(=O)(=O)[O-])c2ccccc12. The highest BCUT2D eigenvalue weighted by Gasteiger charge is 2.62. The molecule has 0 saturated heterocycles. The first kappa shape index (κ1) is 58.4. The fourth-order valence-corrected chi connectivity index (χ4v) is 16.6. The van der Waals surface area contributed by atoms with Crippen molar-refractivity contribution in [3.8, 4) is 5.75 Å². The second-order valence-electron chi connectivity index (χ2n) is 23.3. The molecule has 19 heteroatoms. The summed E-state index contributed by atoms with van der Waals surface area (Å²) >= 11 is 1.86. The average molecular weight is 1120 g/mol. The summed E-state index contributed by atoms with van der Waals surface area (Å²) in [5, 5.41) is 7.55. The lowest BCUT2D eigenvalue weighted by Crippen LogP contribution is -2.57. The Morgan fingerprint density at radius 2 is 1.39 bits per heavy atom. The van der Waals surface area contributed by atoms with E-state index in [1.165, 1.54) is 0 Å². The van der Waals surface area contributed by atoms with E-state index in [1.807, 2.05) is 47.6 Å². The molecular formula is C58H76N4O12S3. The topological polar surface area (TPSA) is 237 Å². The third-order valence-electron chi connectivity index (χ3n) is 18.1. The highest BCUT2D eigenvalue weighted by molar-refractivity contribution is 7.99. The van der Waals surface area contributed by atoms with Crippen LogP contribution in [-0.2, 0) is 41.2 Å². The number of benzene rings is 3. The molecule has 2 N–H and O–H groups in total. The predicted molar refractivity (Wildman–Crippen MR) is 294 cm³/mol. The molecule has 4 aliphatic rings. The number of nitrogens with one attached hydrogen (secondary N) is 2. The van der Waals surface area contributed by atoms with Crippen LogP contribution in [0.1, 0.15) is 129 Å². The van der Waals surface area contributed by atoms with Gasteiger partial charge in [-0.05, 0) is 110 Å². The Balaban J connectivity index is 0.834.